The fraction of sp³-hybridized carbons (Fsp3) is 0.400. The van der Waals surface area contributed by atoms with Crippen molar-refractivity contribution in [3.05, 3.63) is 89.5 Å². The molecule has 3 aromatic rings. The first kappa shape index (κ1) is 25.7. The summed E-state index contributed by atoms with van der Waals surface area (Å²) in [7, 11) is -0.944. The number of hydrogen-bond acceptors (Lipinski definition) is 3. The first-order valence-electron chi connectivity index (χ1n) is 12.0. The van der Waals surface area contributed by atoms with Crippen LogP contribution in [0.25, 0.3) is 0 Å². The second-order valence-corrected chi connectivity index (χ2v) is 12.0. The largest absolute Gasteiger partial charge is 0.864 e. The van der Waals surface area contributed by atoms with E-state index in [0.717, 1.165) is 0 Å². The van der Waals surface area contributed by atoms with Gasteiger partial charge in [-0.15, -0.1) is 0 Å². The quantitative estimate of drug-likeness (QED) is 0.349. The molecule has 0 saturated carbocycles. The van der Waals surface area contributed by atoms with E-state index in [4.69, 9.17) is 14.0 Å². The molecular weight excluding hydrogens is 419 g/mol. The van der Waals surface area contributed by atoms with E-state index >= 15 is 0 Å². The smallest absolute Gasteiger partial charge is 0.490 e. The average Bonchev–Trinajstić information content (AvgIpc) is 2.72. The maximum atomic E-state index is 6.26. The summed E-state index contributed by atoms with van der Waals surface area (Å²) in [5.41, 5.74) is 3.60. The van der Waals surface area contributed by atoms with Crippen molar-refractivity contribution in [3.63, 3.8) is 0 Å². The standard InChI is InChI=1S/C30H39BO3/c1-28(2,3)22-13-10-16-25(19-22)32-31(33-26-17-11-14-23(20-26)29(4,5)6)34-27-18-12-15-24(21-27)30(7,8)9/h10-21H,1-9H3. The molecule has 0 aliphatic heterocycles. The van der Waals surface area contributed by atoms with Gasteiger partial charge in [-0.3, -0.25) is 0 Å². The van der Waals surface area contributed by atoms with Crippen LogP contribution in [0.2, 0.25) is 0 Å². The van der Waals surface area contributed by atoms with Crippen LogP contribution in [-0.4, -0.2) is 7.32 Å². The fourth-order valence-corrected chi connectivity index (χ4v) is 3.51. The summed E-state index contributed by atoms with van der Waals surface area (Å²) in [6.07, 6.45) is 0. The molecule has 34 heavy (non-hydrogen) atoms. The number of hydrogen-bond donors (Lipinski definition) is 0. The van der Waals surface area contributed by atoms with Crippen molar-refractivity contribution in [2.75, 3.05) is 0 Å². The van der Waals surface area contributed by atoms with Crippen LogP contribution in [0.3, 0.4) is 0 Å². The zero-order valence-electron chi connectivity index (χ0n) is 22.2. The summed E-state index contributed by atoms with van der Waals surface area (Å²) in [4.78, 5) is 0. The molecule has 0 aromatic heterocycles. The topological polar surface area (TPSA) is 27.7 Å². The normalized spacial score (nSPS) is 12.3. The van der Waals surface area contributed by atoms with Gasteiger partial charge in [-0.05, 0) is 69.3 Å². The van der Waals surface area contributed by atoms with Crippen LogP contribution in [0.4, 0.5) is 0 Å². The van der Waals surface area contributed by atoms with Crippen molar-refractivity contribution in [1.29, 1.82) is 0 Å². The molecule has 0 aliphatic carbocycles. The molecule has 3 nitrogen and oxygen atoms in total. The summed E-state index contributed by atoms with van der Waals surface area (Å²) in [5, 5.41) is 0. The molecule has 0 amide bonds. The molecule has 180 valence electrons. The van der Waals surface area contributed by atoms with Crippen LogP contribution in [-0.2, 0) is 16.2 Å². The monoisotopic (exact) mass is 458 g/mol. The molecule has 0 unspecified atom stereocenters. The van der Waals surface area contributed by atoms with Crippen LogP contribution in [0, 0.1) is 0 Å². The molecule has 0 heterocycles. The Morgan fingerprint density at radius 2 is 0.706 bits per heavy atom. The van der Waals surface area contributed by atoms with Gasteiger partial charge in [-0.25, -0.2) is 0 Å². The highest BCUT2D eigenvalue weighted by Gasteiger charge is 2.31. The van der Waals surface area contributed by atoms with E-state index in [2.05, 4.69) is 98.7 Å². The molecule has 0 spiro atoms. The molecule has 0 atom stereocenters. The average molecular weight is 458 g/mol. The molecule has 0 fully saturated rings. The highest BCUT2D eigenvalue weighted by Crippen LogP contribution is 2.30. The Hall–Kier alpha value is -2.88. The molecule has 0 N–H and O–H groups in total. The van der Waals surface area contributed by atoms with Crippen molar-refractivity contribution in [2.45, 2.75) is 78.6 Å². The zero-order valence-corrected chi connectivity index (χ0v) is 22.2. The Kier molecular flexibility index (Phi) is 7.40. The summed E-state index contributed by atoms with van der Waals surface area (Å²) in [5.74, 6) is 2.11. The first-order valence-corrected chi connectivity index (χ1v) is 12.0. The Morgan fingerprint density at radius 3 is 0.941 bits per heavy atom. The van der Waals surface area contributed by atoms with Gasteiger partial charge in [-0.2, -0.15) is 0 Å². The van der Waals surface area contributed by atoms with E-state index in [1.807, 2.05) is 36.4 Å². The summed E-state index contributed by atoms with van der Waals surface area (Å²) in [6, 6.07) is 24.3. The predicted molar refractivity (Wildman–Crippen MR) is 143 cm³/mol. The Bertz CT molecular complexity index is 959. The lowest BCUT2D eigenvalue weighted by molar-refractivity contribution is 0.306. The highest BCUT2D eigenvalue weighted by molar-refractivity contribution is 6.39. The Labute approximate surface area is 206 Å². The lowest BCUT2D eigenvalue weighted by Gasteiger charge is -2.23. The summed E-state index contributed by atoms with van der Waals surface area (Å²) < 4.78 is 18.8. The summed E-state index contributed by atoms with van der Waals surface area (Å²) in [6.45, 7) is 19.7. The Morgan fingerprint density at radius 1 is 0.441 bits per heavy atom. The van der Waals surface area contributed by atoms with Gasteiger partial charge in [0, 0.05) is 0 Å². The molecule has 3 aromatic carbocycles. The van der Waals surface area contributed by atoms with Crippen molar-refractivity contribution >= 4 is 7.32 Å². The molecule has 4 heteroatoms. The van der Waals surface area contributed by atoms with Gasteiger partial charge in [0.05, 0.1) is 0 Å². The van der Waals surface area contributed by atoms with Crippen molar-refractivity contribution < 1.29 is 14.0 Å². The van der Waals surface area contributed by atoms with Crippen LogP contribution in [0.1, 0.15) is 79.0 Å². The van der Waals surface area contributed by atoms with Crippen molar-refractivity contribution in [3.8, 4) is 17.2 Å². The van der Waals surface area contributed by atoms with E-state index in [1.165, 1.54) is 16.7 Å². The Balaban J connectivity index is 1.92. The minimum atomic E-state index is -0.944. The molecule has 3 rings (SSSR count). The number of benzene rings is 3. The van der Waals surface area contributed by atoms with Gasteiger partial charge >= 0.3 is 7.32 Å². The summed E-state index contributed by atoms with van der Waals surface area (Å²) >= 11 is 0. The third-order valence-corrected chi connectivity index (χ3v) is 5.80. The molecule has 0 saturated heterocycles. The van der Waals surface area contributed by atoms with Gasteiger partial charge in [0.25, 0.3) is 0 Å². The third kappa shape index (κ3) is 7.06. The van der Waals surface area contributed by atoms with E-state index in [1.54, 1.807) is 0 Å². The lowest BCUT2D eigenvalue weighted by atomic mass is 9.87. The minimum absolute atomic E-state index is 0.0126. The SMILES string of the molecule is CC(C)(C)c1cccc(OB(Oc2cccc(C(C)(C)C)c2)Oc2cccc(C(C)(C)C)c2)c1. The maximum Gasteiger partial charge on any atom is 0.864 e. The van der Waals surface area contributed by atoms with Crippen molar-refractivity contribution in [1.82, 2.24) is 0 Å². The van der Waals surface area contributed by atoms with E-state index in [0.29, 0.717) is 17.2 Å². The highest BCUT2D eigenvalue weighted by atomic mass is 16.7. The molecule has 0 radical (unpaired) electrons. The lowest BCUT2D eigenvalue weighted by Crippen LogP contribution is -2.37. The maximum absolute atomic E-state index is 6.26. The van der Waals surface area contributed by atoms with E-state index in [9.17, 15) is 0 Å². The first-order chi connectivity index (χ1) is 15.7. The second kappa shape index (κ2) is 9.78. The van der Waals surface area contributed by atoms with Gasteiger partial charge in [0.1, 0.15) is 17.2 Å². The van der Waals surface area contributed by atoms with Crippen LogP contribution in [0.15, 0.2) is 72.8 Å². The van der Waals surface area contributed by atoms with Gasteiger partial charge in [0.2, 0.25) is 0 Å². The molecule has 0 bridgehead atoms. The molecular formula is C30H39BO3. The van der Waals surface area contributed by atoms with E-state index in [-0.39, 0.29) is 16.2 Å². The van der Waals surface area contributed by atoms with Crippen LogP contribution >= 0.6 is 0 Å². The fourth-order valence-electron chi connectivity index (χ4n) is 3.51. The minimum Gasteiger partial charge on any atom is -0.490 e. The van der Waals surface area contributed by atoms with Gasteiger partial charge < -0.3 is 14.0 Å². The zero-order chi connectivity index (χ0) is 25.1. The van der Waals surface area contributed by atoms with Crippen LogP contribution in [0.5, 0.6) is 17.2 Å². The van der Waals surface area contributed by atoms with Crippen molar-refractivity contribution in [2.24, 2.45) is 0 Å². The predicted octanol–water partition coefficient (Wildman–Crippen LogP) is 8.10. The van der Waals surface area contributed by atoms with E-state index < -0.39 is 7.32 Å². The van der Waals surface area contributed by atoms with Gasteiger partial charge in [-0.1, -0.05) is 98.7 Å². The molecule has 0 aliphatic rings. The van der Waals surface area contributed by atoms with Gasteiger partial charge in [0.15, 0.2) is 0 Å². The van der Waals surface area contributed by atoms with Crippen LogP contribution < -0.4 is 14.0 Å². The third-order valence-electron chi connectivity index (χ3n) is 5.80. The second-order valence-electron chi connectivity index (χ2n) is 12.0. The number of rotatable bonds is 6.